The lowest BCUT2D eigenvalue weighted by molar-refractivity contribution is -0.284. The van der Waals surface area contributed by atoms with Crippen LogP contribution in [0.2, 0.25) is 0 Å². The van der Waals surface area contributed by atoms with Gasteiger partial charge in [-0.3, -0.25) is 9.59 Å². The molecule has 0 amide bonds. The van der Waals surface area contributed by atoms with Crippen molar-refractivity contribution in [1.29, 1.82) is 0 Å². The fourth-order valence-corrected chi connectivity index (χ4v) is 6.61. The molecule has 2 saturated carbocycles. The maximum absolute atomic E-state index is 12.3. The highest BCUT2D eigenvalue weighted by molar-refractivity contribution is 5.67. The smallest absolute Gasteiger partial charge is 0.303 e. The van der Waals surface area contributed by atoms with Crippen molar-refractivity contribution in [3.05, 3.63) is 24.2 Å². The predicted octanol–water partition coefficient (Wildman–Crippen LogP) is 4.29. The number of aliphatic hydroxyl groups is 1. The van der Waals surface area contributed by atoms with Gasteiger partial charge in [-0.05, 0) is 42.7 Å². The van der Waals surface area contributed by atoms with Crippen molar-refractivity contribution in [3.63, 3.8) is 0 Å². The number of rotatable bonds is 5. The summed E-state index contributed by atoms with van der Waals surface area (Å²) in [5.74, 6) is -1.36. The van der Waals surface area contributed by atoms with Gasteiger partial charge < -0.3 is 19.0 Å². The van der Waals surface area contributed by atoms with Crippen molar-refractivity contribution in [2.45, 2.75) is 91.5 Å². The third kappa shape index (κ3) is 3.79. The second kappa shape index (κ2) is 8.03. The third-order valence-corrected chi connectivity index (χ3v) is 7.91. The minimum absolute atomic E-state index is 0.141. The molecule has 168 valence electrons. The van der Waals surface area contributed by atoms with E-state index >= 15 is 0 Å². The Morgan fingerprint density at radius 1 is 1.13 bits per heavy atom. The average molecular weight is 421 g/mol. The topological polar surface area (TPSA) is 86.0 Å². The molecule has 1 aromatic rings. The Morgan fingerprint density at radius 3 is 2.33 bits per heavy atom. The van der Waals surface area contributed by atoms with E-state index in [2.05, 4.69) is 20.8 Å². The number of ether oxygens (including phenoxy) is 2. The molecule has 1 N–H and O–H groups in total. The van der Waals surface area contributed by atoms with Crippen LogP contribution < -0.4 is 0 Å². The number of fused-ring (bicyclic) bond motifs is 1. The van der Waals surface area contributed by atoms with Crippen LogP contribution in [0.1, 0.15) is 72.8 Å². The molecule has 0 unspecified atom stereocenters. The van der Waals surface area contributed by atoms with Crippen molar-refractivity contribution in [3.8, 4) is 0 Å². The minimum Gasteiger partial charge on any atom is -0.472 e. The first-order valence-corrected chi connectivity index (χ1v) is 11.0. The molecule has 1 heterocycles. The van der Waals surface area contributed by atoms with Gasteiger partial charge in [-0.2, -0.15) is 0 Å². The second-order valence-corrected chi connectivity index (χ2v) is 10.2. The zero-order valence-electron chi connectivity index (χ0n) is 19.1. The van der Waals surface area contributed by atoms with E-state index in [1.165, 1.54) is 13.8 Å². The number of carbonyl (C=O) groups excluding carboxylic acids is 2. The summed E-state index contributed by atoms with van der Waals surface area (Å²) < 4.78 is 16.8. The highest BCUT2D eigenvalue weighted by atomic mass is 16.6. The number of aryl methyl sites for hydroxylation is 1. The summed E-state index contributed by atoms with van der Waals surface area (Å²) in [6, 6.07) is 1.91. The van der Waals surface area contributed by atoms with Gasteiger partial charge in [0.1, 0.15) is 12.2 Å². The molecule has 0 radical (unpaired) electrons. The van der Waals surface area contributed by atoms with Gasteiger partial charge in [-0.1, -0.05) is 34.1 Å². The van der Waals surface area contributed by atoms with Crippen LogP contribution in [0.15, 0.2) is 23.0 Å². The van der Waals surface area contributed by atoms with Gasteiger partial charge in [0.15, 0.2) is 0 Å². The van der Waals surface area contributed by atoms with Crippen molar-refractivity contribution < 1.29 is 28.6 Å². The van der Waals surface area contributed by atoms with Crippen LogP contribution in [-0.4, -0.2) is 34.9 Å². The van der Waals surface area contributed by atoms with Gasteiger partial charge in [0.05, 0.1) is 18.1 Å². The Morgan fingerprint density at radius 2 is 1.77 bits per heavy atom. The first-order valence-electron chi connectivity index (χ1n) is 11.0. The van der Waals surface area contributed by atoms with Crippen LogP contribution in [0.4, 0.5) is 0 Å². The Hall–Kier alpha value is -1.82. The van der Waals surface area contributed by atoms with E-state index in [0.717, 1.165) is 24.8 Å². The molecule has 1 aromatic heterocycles. The lowest BCUT2D eigenvalue weighted by Gasteiger charge is -2.66. The number of hydrogen-bond acceptors (Lipinski definition) is 6. The van der Waals surface area contributed by atoms with Crippen LogP contribution >= 0.6 is 0 Å². The van der Waals surface area contributed by atoms with E-state index in [1.807, 2.05) is 13.0 Å². The molecule has 6 heteroatoms. The molecule has 0 spiro atoms. The molecule has 0 aliphatic heterocycles. The van der Waals surface area contributed by atoms with Crippen molar-refractivity contribution in [2.75, 3.05) is 0 Å². The van der Waals surface area contributed by atoms with E-state index in [-0.39, 0.29) is 11.3 Å². The summed E-state index contributed by atoms with van der Waals surface area (Å²) in [7, 11) is 0. The molecule has 2 fully saturated rings. The average Bonchev–Trinajstić information content (AvgIpc) is 3.14. The summed E-state index contributed by atoms with van der Waals surface area (Å²) in [6.07, 6.45) is 6.01. The van der Waals surface area contributed by atoms with Crippen molar-refractivity contribution >= 4 is 11.9 Å². The highest BCUT2D eigenvalue weighted by Gasteiger charge is 2.68. The van der Waals surface area contributed by atoms with Gasteiger partial charge in [-0.15, -0.1) is 0 Å². The second-order valence-electron chi connectivity index (χ2n) is 10.2. The highest BCUT2D eigenvalue weighted by Crippen LogP contribution is 2.64. The van der Waals surface area contributed by atoms with E-state index in [1.54, 1.807) is 12.5 Å². The normalized spacial score (nSPS) is 37.8. The molecule has 0 aromatic carbocycles. The maximum atomic E-state index is 12.3. The number of furan rings is 1. The van der Waals surface area contributed by atoms with Gasteiger partial charge in [0, 0.05) is 31.1 Å². The summed E-state index contributed by atoms with van der Waals surface area (Å²) in [5, 5.41) is 12.3. The molecule has 3 rings (SSSR count). The molecule has 0 bridgehead atoms. The maximum Gasteiger partial charge on any atom is 0.303 e. The molecule has 6 atom stereocenters. The first-order chi connectivity index (χ1) is 13.9. The standard InChI is InChI=1S/C24H36O6/c1-15-19(29-16(2)25)20(30-17(3)26)21-22(4,5)10-7-11-23(21,6)24(15,27)12-8-18-9-13-28-14-18/h9,13-15,19-21,27H,7-8,10-12H2,1-6H3/t15-,19-,20-,21+,23+,24-/m1/s1. The van der Waals surface area contributed by atoms with Crippen molar-refractivity contribution in [1.82, 2.24) is 0 Å². The Bertz CT molecular complexity index is 769. The van der Waals surface area contributed by atoms with Crippen LogP contribution in [-0.2, 0) is 25.5 Å². The van der Waals surface area contributed by atoms with E-state index in [4.69, 9.17) is 13.9 Å². The molecule has 6 nitrogen and oxygen atoms in total. The van der Waals surface area contributed by atoms with Crippen LogP contribution in [0.25, 0.3) is 0 Å². The molecule has 2 aliphatic rings. The summed E-state index contributed by atoms with van der Waals surface area (Å²) in [5.41, 5.74) is -0.746. The Kier molecular flexibility index (Phi) is 6.11. The summed E-state index contributed by atoms with van der Waals surface area (Å²) >= 11 is 0. The van der Waals surface area contributed by atoms with Gasteiger partial charge in [0.25, 0.3) is 0 Å². The van der Waals surface area contributed by atoms with E-state index < -0.39 is 41.1 Å². The van der Waals surface area contributed by atoms with Crippen LogP contribution in [0.3, 0.4) is 0 Å². The third-order valence-electron chi connectivity index (χ3n) is 7.91. The first kappa shape index (κ1) is 22.9. The number of carbonyl (C=O) groups is 2. The zero-order valence-corrected chi connectivity index (χ0v) is 19.1. The molecule has 30 heavy (non-hydrogen) atoms. The monoisotopic (exact) mass is 420 g/mol. The molecule has 2 aliphatic carbocycles. The fourth-order valence-electron chi connectivity index (χ4n) is 6.61. The van der Waals surface area contributed by atoms with Crippen LogP contribution in [0.5, 0.6) is 0 Å². The van der Waals surface area contributed by atoms with Gasteiger partial charge in [-0.25, -0.2) is 0 Å². The quantitative estimate of drug-likeness (QED) is 0.715. The Labute approximate surface area is 179 Å². The lowest BCUT2D eigenvalue weighted by Crippen LogP contribution is -2.72. The predicted molar refractivity (Wildman–Crippen MR) is 111 cm³/mol. The lowest BCUT2D eigenvalue weighted by atomic mass is 9.42. The molecule has 0 saturated heterocycles. The fraction of sp³-hybridized carbons (Fsp3) is 0.750. The molecular formula is C24H36O6. The van der Waals surface area contributed by atoms with Crippen molar-refractivity contribution in [2.24, 2.45) is 22.7 Å². The number of hydrogen-bond donors (Lipinski definition) is 1. The molecular weight excluding hydrogens is 384 g/mol. The van der Waals surface area contributed by atoms with Gasteiger partial charge >= 0.3 is 11.9 Å². The SMILES string of the molecule is CC(=O)O[C@@H]1[C@H](OC(C)=O)[C@@H](C)[C@](O)(CCc2ccoc2)[C@@]2(C)CCCC(C)(C)[C@H]12. The van der Waals surface area contributed by atoms with Crippen LogP contribution in [0, 0.1) is 22.7 Å². The van der Waals surface area contributed by atoms with E-state index in [9.17, 15) is 14.7 Å². The Balaban J connectivity index is 2.09. The number of esters is 2. The zero-order chi connectivity index (χ0) is 22.3. The minimum atomic E-state index is -1.09. The van der Waals surface area contributed by atoms with E-state index in [0.29, 0.717) is 12.8 Å². The summed E-state index contributed by atoms with van der Waals surface area (Å²) in [4.78, 5) is 24.0. The largest absolute Gasteiger partial charge is 0.472 e. The van der Waals surface area contributed by atoms with Gasteiger partial charge in [0.2, 0.25) is 0 Å². The summed E-state index contributed by atoms with van der Waals surface area (Å²) in [6.45, 7) is 11.1.